The first kappa shape index (κ1) is 7.72. The Hall–Kier alpha value is -1.91. The van der Waals surface area contributed by atoms with E-state index in [4.69, 9.17) is 4.74 Å². The molecule has 0 atom stereocenters. The van der Waals surface area contributed by atoms with Crippen molar-refractivity contribution in [2.24, 2.45) is 0 Å². The molecule has 0 saturated heterocycles. The third-order valence-electron chi connectivity index (χ3n) is 1.63. The molecule has 5 nitrogen and oxygen atoms in total. The van der Waals surface area contributed by atoms with Gasteiger partial charge in [0.05, 0.1) is 12.6 Å². The largest absolute Gasteiger partial charge is 0.477 e. The standard InChI is InChI=1S/C8H7N3O2/c1-13-8-7(12)10-5-3-2-4-9-6(5)11-8/h2-4H,1H3,(H,10,12). The van der Waals surface area contributed by atoms with E-state index in [1.165, 1.54) is 7.11 Å². The number of ether oxygens (including phenoxy) is 1. The molecule has 0 aliphatic rings. The number of pyridine rings is 1. The maximum absolute atomic E-state index is 11.2. The van der Waals surface area contributed by atoms with Crippen LogP contribution in [0.2, 0.25) is 0 Å². The fourth-order valence-corrected chi connectivity index (χ4v) is 1.04. The Kier molecular flexibility index (Phi) is 1.70. The van der Waals surface area contributed by atoms with Gasteiger partial charge in [-0.3, -0.25) is 4.79 Å². The van der Waals surface area contributed by atoms with Crippen molar-refractivity contribution in [1.29, 1.82) is 0 Å². The lowest BCUT2D eigenvalue weighted by molar-refractivity contribution is 0.392. The maximum Gasteiger partial charge on any atom is 0.311 e. The number of aromatic nitrogens is 3. The molecule has 0 unspecified atom stereocenters. The minimum Gasteiger partial charge on any atom is -0.477 e. The van der Waals surface area contributed by atoms with E-state index in [-0.39, 0.29) is 11.4 Å². The van der Waals surface area contributed by atoms with Crippen LogP contribution in [0.3, 0.4) is 0 Å². The van der Waals surface area contributed by atoms with Gasteiger partial charge in [0.2, 0.25) is 0 Å². The summed E-state index contributed by atoms with van der Waals surface area (Å²) >= 11 is 0. The van der Waals surface area contributed by atoms with Gasteiger partial charge in [-0.05, 0) is 12.1 Å². The highest BCUT2D eigenvalue weighted by Crippen LogP contribution is 2.05. The summed E-state index contributed by atoms with van der Waals surface area (Å²) in [6.07, 6.45) is 1.60. The van der Waals surface area contributed by atoms with Crippen LogP contribution in [0.25, 0.3) is 11.2 Å². The number of rotatable bonds is 1. The van der Waals surface area contributed by atoms with Crippen LogP contribution in [0.15, 0.2) is 23.1 Å². The molecule has 13 heavy (non-hydrogen) atoms. The van der Waals surface area contributed by atoms with Gasteiger partial charge in [-0.2, -0.15) is 4.98 Å². The first-order valence-corrected chi connectivity index (χ1v) is 3.70. The van der Waals surface area contributed by atoms with Crippen molar-refractivity contribution in [3.8, 4) is 5.88 Å². The molecule has 66 valence electrons. The molecule has 0 fully saturated rings. The monoisotopic (exact) mass is 177 g/mol. The van der Waals surface area contributed by atoms with Crippen LogP contribution in [-0.2, 0) is 0 Å². The van der Waals surface area contributed by atoms with Crippen LogP contribution in [0, 0.1) is 0 Å². The highest BCUT2D eigenvalue weighted by atomic mass is 16.5. The molecule has 2 rings (SSSR count). The first-order chi connectivity index (χ1) is 6.31. The van der Waals surface area contributed by atoms with Crippen molar-refractivity contribution < 1.29 is 4.74 Å². The second-order valence-electron chi connectivity index (χ2n) is 2.45. The molecule has 0 radical (unpaired) electrons. The summed E-state index contributed by atoms with van der Waals surface area (Å²) in [5.74, 6) is 0.0335. The van der Waals surface area contributed by atoms with Gasteiger partial charge >= 0.3 is 5.56 Å². The summed E-state index contributed by atoms with van der Waals surface area (Å²) in [6, 6.07) is 3.46. The van der Waals surface area contributed by atoms with Gasteiger partial charge in [-0.25, -0.2) is 4.98 Å². The molecule has 0 bridgehead atoms. The average Bonchev–Trinajstić information content (AvgIpc) is 2.17. The summed E-state index contributed by atoms with van der Waals surface area (Å²) in [4.78, 5) is 21.7. The topological polar surface area (TPSA) is 67.9 Å². The lowest BCUT2D eigenvalue weighted by Gasteiger charge is -1.98. The number of nitrogens with one attached hydrogen (secondary N) is 1. The number of hydrogen-bond acceptors (Lipinski definition) is 4. The van der Waals surface area contributed by atoms with Gasteiger partial charge in [0.15, 0.2) is 5.65 Å². The summed E-state index contributed by atoms with van der Waals surface area (Å²) in [5, 5.41) is 0. The molecule has 0 saturated carbocycles. The number of methoxy groups -OCH3 is 1. The quantitative estimate of drug-likeness (QED) is 0.681. The van der Waals surface area contributed by atoms with Crippen molar-refractivity contribution in [2.75, 3.05) is 7.11 Å². The van der Waals surface area contributed by atoms with Crippen LogP contribution >= 0.6 is 0 Å². The number of H-pyrrole nitrogens is 1. The van der Waals surface area contributed by atoms with Crippen LogP contribution in [0.4, 0.5) is 0 Å². The van der Waals surface area contributed by atoms with E-state index in [9.17, 15) is 4.79 Å². The molecule has 2 aromatic rings. The van der Waals surface area contributed by atoms with E-state index in [2.05, 4.69) is 15.0 Å². The summed E-state index contributed by atoms with van der Waals surface area (Å²) in [7, 11) is 1.40. The lowest BCUT2D eigenvalue weighted by atomic mass is 10.4. The van der Waals surface area contributed by atoms with Gasteiger partial charge in [-0.1, -0.05) is 0 Å². The summed E-state index contributed by atoms with van der Waals surface area (Å²) in [6.45, 7) is 0. The Bertz CT molecular complexity index is 492. The normalized spacial score (nSPS) is 10.2. The summed E-state index contributed by atoms with van der Waals surface area (Å²) < 4.78 is 4.76. The predicted molar refractivity (Wildman–Crippen MR) is 46.7 cm³/mol. The van der Waals surface area contributed by atoms with Crippen LogP contribution in [-0.4, -0.2) is 22.1 Å². The zero-order chi connectivity index (χ0) is 9.26. The lowest BCUT2D eigenvalue weighted by Crippen LogP contribution is -2.11. The van der Waals surface area contributed by atoms with E-state index in [0.29, 0.717) is 11.2 Å². The van der Waals surface area contributed by atoms with Crippen molar-refractivity contribution in [1.82, 2.24) is 15.0 Å². The highest BCUT2D eigenvalue weighted by molar-refractivity contribution is 5.68. The molecule has 2 aromatic heterocycles. The maximum atomic E-state index is 11.2. The van der Waals surface area contributed by atoms with Gasteiger partial charge < -0.3 is 9.72 Å². The van der Waals surface area contributed by atoms with Crippen molar-refractivity contribution in [3.63, 3.8) is 0 Å². The van der Waals surface area contributed by atoms with Crippen LogP contribution in [0.1, 0.15) is 0 Å². The number of hydrogen-bond donors (Lipinski definition) is 1. The number of nitrogens with zero attached hydrogens (tertiary/aromatic N) is 2. The van der Waals surface area contributed by atoms with E-state index < -0.39 is 0 Å². The highest BCUT2D eigenvalue weighted by Gasteiger charge is 2.03. The molecule has 0 aliphatic carbocycles. The van der Waals surface area contributed by atoms with Crippen LogP contribution in [0.5, 0.6) is 5.88 Å². The minimum absolute atomic E-state index is 0.0335. The number of aromatic amines is 1. The van der Waals surface area contributed by atoms with Crippen molar-refractivity contribution >= 4 is 11.2 Å². The molecule has 1 N–H and O–H groups in total. The first-order valence-electron chi connectivity index (χ1n) is 3.70. The number of fused-ring (bicyclic) bond motifs is 1. The van der Waals surface area contributed by atoms with Gasteiger partial charge in [-0.15, -0.1) is 0 Å². The van der Waals surface area contributed by atoms with Crippen molar-refractivity contribution in [2.45, 2.75) is 0 Å². The van der Waals surface area contributed by atoms with E-state index >= 15 is 0 Å². The smallest absolute Gasteiger partial charge is 0.311 e. The van der Waals surface area contributed by atoms with E-state index in [1.807, 2.05) is 0 Å². The third-order valence-corrected chi connectivity index (χ3v) is 1.63. The Morgan fingerprint density at radius 1 is 1.54 bits per heavy atom. The second kappa shape index (κ2) is 2.85. The van der Waals surface area contributed by atoms with Crippen molar-refractivity contribution in [3.05, 3.63) is 28.7 Å². The fourth-order valence-electron chi connectivity index (χ4n) is 1.04. The molecular formula is C8H7N3O2. The zero-order valence-corrected chi connectivity index (χ0v) is 6.94. The zero-order valence-electron chi connectivity index (χ0n) is 6.94. The minimum atomic E-state index is -0.344. The van der Waals surface area contributed by atoms with Gasteiger partial charge in [0, 0.05) is 6.20 Å². The Labute approximate surface area is 73.4 Å². The molecule has 0 amide bonds. The molecule has 5 heteroatoms. The molecule has 0 aliphatic heterocycles. The van der Waals surface area contributed by atoms with Gasteiger partial charge in [0.25, 0.3) is 5.88 Å². The Balaban J connectivity index is 2.81. The molecule has 0 spiro atoms. The van der Waals surface area contributed by atoms with E-state index in [0.717, 1.165) is 0 Å². The summed E-state index contributed by atoms with van der Waals surface area (Å²) in [5.41, 5.74) is 0.732. The molecule has 0 aromatic carbocycles. The van der Waals surface area contributed by atoms with Gasteiger partial charge in [0.1, 0.15) is 0 Å². The predicted octanol–water partition coefficient (Wildman–Crippen LogP) is 0.327. The fraction of sp³-hybridized carbons (Fsp3) is 0.125. The van der Waals surface area contributed by atoms with E-state index in [1.54, 1.807) is 18.3 Å². The molecule has 2 heterocycles. The third kappa shape index (κ3) is 1.24. The Morgan fingerprint density at radius 3 is 3.15 bits per heavy atom. The Morgan fingerprint density at radius 2 is 2.38 bits per heavy atom. The second-order valence-corrected chi connectivity index (χ2v) is 2.45. The SMILES string of the molecule is COc1nc2ncccc2[nH]c1=O. The van der Waals surface area contributed by atoms with Crippen LogP contribution < -0.4 is 10.3 Å². The molecular weight excluding hydrogens is 170 g/mol. The average molecular weight is 177 g/mol.